The third-order valence-electron chi connectivity index (χ3n) is 1.61. The molecular weight excluding hydrogens is 182 g/mol. The summed E-state index contributed by atoms with van der Waals surface area (Å²) in [6.07, 6.45) is 3.76. The van der Waals surface area contributed by atoms with E-state index in [1.807, 2.05) is 31.1 Å². The molecule has 1 heterocycles. The van der Waals surface area contributed by atoms with Crippen LogP contribution in [0.5, 0.6) is 0 Å². The monoisotopic (exact) mass is 197 g/mol. The SMILES string of the molecule is C=C(CNC)CSc1nccn1C. The Labute approximate surface area is 83.2 Å². The topological polar surface area (TPSA) is 29.9 Å². The number of thioether (sulfide) groups is 1. The van der Waals surface area contributed by atoms with Gasteiger partial charge in [-0.05, 0) is 7.05 Å². The summed E-state index contributed by atoms with van der Waals surface area (Å²) in [5.41, 5.74) is 1.19. The van der Waals surface area contributed by atoms with Crippen LogP contribution < -0.4 is 5.32 Å². The lowest BCUT2D eigenvalue weighted by molar-refractivity contribution is 0.790. The van der Waals surface area contributed by atoms with Crippen molar-refractivity contribution in [3.05, 3.63) is 24.5 Å². The summed E-state index contributed by atoms with van der Waals surface area (Å²) in [5, 5.41) is 4.11. The largest absolute Gasteiger partial charge is 0.329 e. The minimum absolute atomic E-state index is 0.872. The maximum Gasteiger partial charge on any atom is 0.167 e. The molecule has 0 unspecified atom stereocenters. The van der Waals surface area contributed by atoms with E-state index in [2.05, 4.69) is 16.9 Å². The maximum atomic E-state index is 4.21. The highest BCUT2D eigenvalue weighted by atomic mass is 32.2. The number of rotatable bonds is 5. The molecule has 0 fully saturated rings. The third-order valence-corrected chi connectivity index (χ3v) is 2.81. The number of aromatic nitrogens is 2. The first-order valence-corrected chi connectivity index (χ1v) is 5.14. The van der Waals surface area contributed by atoms with Gasteiger partial charge in [-0.3, -0.25) is 0 Å². The molecular formula is C9H15N3S. The third kappa shape index (κ3) is 3.24. The van der Waals surface area contributed by atoms with Crippen LogP contribution in [-0.4, -0.2) is 28.9 Å². The van der Waals surface area contributed by atoms with Crippen molar-refractivity contribution in [2.75, 3.05) is 19.3 Å². The molecule has 0 atom stereocenters. The van der Waals surface area contributed by atoms with E-state index in [4.69, 9.17) is 0 Å². The lowest BCUT2D eigenvalue weighted by Gasteiger charge is -2.04. The molecule has 0 aliphatic heterocycles. The van der Waals surface area contributed by atoms with Gasteiger partial charge in [0.1, 0.15) is 0 Å². The van der Waals surface area contributed by atoms with Gasteiger partial charge in [0.25, 0.3) is 0 Å². The Hall–Kier alpha value is -0.740. The molecule has 0 saturated heterocycles. The van der Waals surface area contributed by atoms with Crippen LogP contribution in [0.2, 0.25) is 0 Å². The molecule has 0 aromatic carbocycles. The quantitative estimate of drug-likeness (QED) is 0.570. The molecule has 0 radical (unpaired) electrons. The Morgan fingerprint density at radius 1 is 1.77 bits per heavy atom. The van der Waals surface area contributed by atoms with Gasteiger partial charge >= 0.3 is 0 Å². The smallest absolute Gasteiger partial charge is 0.167 e. The molecule has 1 rings (SSSR count). The highest BCUT2D eigenvalue weighted by Gasteiger charge is 2.00. The van der Waals surface area contributed by atoms with Gasteiger partial charge in [0, 0.05) is 31.7 Å². The van der Waals surface area contributed by atoms with Gasteiger partial charge < -0.3 is 9.88 Å². The number of nitrogens with zero attached hydrogens (tertiary/aromatic N) is 2. The zero-order valence-electron chi connectivity index (χ0n) is 8.08. The summed E-state index contributed by atoms with van der Waals surface area (Å²) in [6, 6.07) is 0. The highest BCUT2D eigenvalue weighted by Crippen LogP contribution is 2.16. The first kappa shape index (κ1) is 10.3. The molecule has 0 aliphatic rings. The fraction of sp³-hybridized carbons (Fsp3) is 0.444. The van der Waals surface area contributed by atoms with Crippen molar-refractivity contribution < 1.29 is 0 Å². The maximum absolute atomic E-state index is 4.21. The molecule has 0 spiro atoms. The summed E-state index contributed by atoms with van der Waals surface area (Å²) >= 11 is 1.71. The molecule has 0 amide bonds. The first-order chi connectivity index (χ1) is 6.24. The van der Waals surface area contributed by atoms with E-state index in [1.165, 1.54) is 5.57 Å². The predicted molar refractivity (Wildman–Crippen MR) is 57.0 cm³/mol. The van der Waals surface area contributed by atoms with Crippen molar-refractivity contribution in [2.45, 2.75) is 5.16 Å². The molecule has 0 bridgehead atoms. The molecule has 1 aromatic rings. The Kier molecular flexibility index (Phi) is 4.05. The van der Waals surface area contributed by atoms with E-state index in [9.17, 15) is 0 Å². The summed E-state index contributed by atoms with van der Waals surface area (Å²) in [6.45, 7) is 4.83. The average molecular weight is 197 g/mol. The fourth-order valence-corrected chi connectivity index (χ4v) is 1.79. The second-order valence-electron chi connectivity index (χ2n) is 2.89. The minimum atomic E-state index is 0.872. The van der Waals surface area contributed by atoms with E-state index >= 15 is 0 Å². The van der Waals surface area contributed by atoms with E-state index in [-0.39, 0.29) is 0 Å². The summed E-state index contributed by atoms with van der Waals surface area (Å²) in [7, 11) is 3.92. The summed E-state index contributed by atoms with van der Waals surface area (Å²) in [5.74, 6) is 0.922. The molecule has 3 nitrogen and oxygen atoms in total. The predicted octanol–water partition coefficient (Wildman–Crippen LogP) is 1.29. The van der Waals surface area contributed by atoms with Crippen molar-refractivity contribution in [1.82, 2.24) is 14.9 Å². The number of imidazole rings is 1. The number of likely N-dealkylation sites (N-methyl/N-ethyl adjacent to an activating group) is 1. The Morgan fingerprint density at radius 3 is 3.08 bits per heavy atom. The zero-order chi connectivity index (χ0) is 9.68. The highest BCUT2D eigenvalue weighted by molar-refractivity contribution is 7.99. The van der Waals surface area contributed by atoms with Crippen LogP contribution in [0.4, 0.5) is 0 Å². The molecule has 72 valence electrons. The average Bonchev–Trinajstić information content (AvgIpc) is 2.48. The van der Waals surface area contributed by atoms with Gasteiger partial charge in [0.05, 0.1) is 0 Å². The van der Waals surface area contributed by atoms with Crippen molar-refractivity contribution in [1.29, 1.82) is 0 Å². The van der Waals surface area contributed by atoms with E-state index < -0.39 is 0 Å². The van der Waals surface area contributed by atoms with Crippen molar-refractivity contribution in [3.8, 4) is 0 Å². The Morgan fingerprint density at radius 2 is 2.54 bits per heavy atom. The number of nitrogens with one attached hydrogen (secondary N) is 1. The second kappa shape index (κ2) is 5.09. The molecule has 13 heavy (non-hydrogen) atoms. The van der Waals surface area contributed by atoms with Crippen LogP contribution in [-0.2, 0) is 7.05 Å². The number of hydrogen-bond acceptors (Lipinski definition) is 3. The van der Waals surface area contributed by atoms with E-state index in [0.29, 0.717) is 0 Å². The van der Waals surface area contributed by atoms with Gasteiger partial charge in [0.2, 0.25) is 0 Å². The standard InChI is InChI=1S/C9H15N3S/c1-8(6-10-2)7-13-9-11-4-5-12(9)3/h4-5,10H,1,6-7H2,2-3H3. The van der Waals surface area contributed by atoms with Crippen LogP contribution in [0, 0.1) is 0 Å². The van der Waals surface area contributed by atoms with Crippen LogP contribution in [0.3, 0.4) is 0 Å². The van der Waals surface area contributed by atoms with Crippen LogP contribution in [0.1, 0.15) is 0 Å². The second-order valence-corrected chi connectivity index (χ2v) is 3.83. The molecule has 1 N–H and O–H groups in total. The molecule has 4 heteroatoms. The Bertz CT molecular complexity index is 280. The normalized spacial score (nSPS) is 10.3. The zero-order valence-corrected chi connectivity index (χ0v) is 8.90. The lowest BCUT2D eigenvalue weighted by Crippen LogP contribution is -2.11. The van der Waals surface area contributed by atoms with Gasteiger partial charge in [0.15, 0.2) is 5.16 Å². The van der Waals surface area contributed by atoms with E-state index in [1.54, 1.807) is 11.8 Å². The van der Waals surface area contributed by atoms with Gasteiger partial charge in [-0.15, -0.1) is 0 Å². The van der Waals surface area contributed by atoms with Crippen LogP contribution in [0.25, 0.3) is 0 Å². The van der Waals surface area contributed by atoms with Crippen molar-refractivity contribution in [3.63, 3.8) is 0 Å². The summed E-state index contributed by atoms with van der Waals surface area (Å²) < 4.78 is 2.01. The molecule has 1 aromatic heterocycles. The van der Waals surface area contributed by atoms with Crippen LogP contribution >= 0.6 is 11.8 Å². The van der Waals surface area contributed by atoms with Gasteiger partial charge in [-0.1, -0.05) is 23.9 Å². The Balaban J connectivity index is 2.35. The minimum Gasteiger partial charge on any atom is -0.329 e. The van der Waals surface area contributed by atoms with Gasteiger partial charge in [-0.2, -0.15) is 0 Å². The van der Waals surface area contributed by atoms with Gasteiger partial charge in [-0.25, -0.2) is 4.98 Å². The van der Waals surface area contributed by atoms with E-state index in [0.717, 1.165) is 17.5 Å². The fourth-order valence-electron chi connectivity index (χ4n) is 0.959. The van der Waals surface area contributed by atoms with Crippen molar-refractivity contribution in [2.24, 2.45) is 7.05 Å². The number of aryl methyl sites for hydroxylation is 1. The molecule has 0 saturated carbocycles. The molecule has 0 aliphatic carbocycles. The first-order valence-electron chi connectivity index (χ1n) is 4.15. The van der Waals surface area contributed by atoms with Crippen molar-refractivity contribution >= 4 is 11.8 Å². The summed E-state index contributed by atoms with van der Waals surface area (Å²) in [4.78, 5) is 4.21. The lowest BCUT2D eigenvalue weighted by atomic mass is 10.3. The van der Waals surface area contributed by atoms with Crippen LogP contribution in [0.15, 0.2) is 29.7 Å². The number of hydrogen-bond donors (Lipinski definition) is 1.